The lowest BCUT2D eigenvalue weighted by Crippen LogP contribution is -2.23. The summed E-state index contributed by atoms with van der Waals surface area (Å²) in [5, 5.41) is 2.68. The van der Waals surface area contributed by atoms with Crippen LogP contribution in [0.3, 0.4) is 0 Å². The minimum absolute atomic E-state index is 0.144. The molecule has 0 aromatic heterocycles. The summed E-state index contributed by atoms with van der Waals surface area (Å²) in [5.41, 5.74) is -0.212. The molecule has 0 atom stereocenters. The lowest BCUT2D eigenvalue weighted by atomic mass is 10.2. The molecule has 0 spiro atoms. The van der Waals surface area contributed by atoms with Gasteiger partial charge in [-0.1, -0.05) is 6.07 Å². The highest BCUT2D eigenvalue weighted by Crippen LogP contribution is 2.34. The van der Waals surface area contributed by atoms with Gasteiger partial charge in [-0.15, -0.1) is 0 Å². The normalized spacial score (nSPS) is 13.9. The molecule has 1 saturated heterocycles. The fourth-order valence-corrected chi connectivity index (χ4v) is 5.24. The van der Waals surface area contributed by atoms with Gasteiger partial charge in [0.05, 0.1) is 18.4 Å². The van der Waals surface area contributed by atoms with Crippen molar-refractivity contribution in [2.75, 3.05) is 35.1 Å². The van der Waals surface area contributed by atoms with Crippen molar-refractivity contribution < 1.29 is 31.1 Å². The summed E-state index contributed by atoms with van der Waals surface area (Å²) in [6, 6.07) is 14.9. The molecule has 3 aromatic rings. The van der Waals surface area contributed by atoms with Crippen molar-refractivity contribution in [2.45, 2.75) is 23.9 Å². The Morgan fingerprint density at radius 2 is 1.64 bits per heavy atom. The van der Waals surface area contributed by atoms with Crippen LogP contribution >= 0.6 is 0 Å². The van der Waals surface area contributed by atoms with E-state index in [9.17, 15) is 26.4 Å². The lowest BCUT2D eigenvalue weighted by molar-refractivity contribution is -0.137. The Labute approximate surface area is 206 Å². The van der Waals surface area contributed by atoms with Crippen LogP contribution in [0.25, 0.3) is 0 Å². The molecule has 1 aliphatic heterocycles. The van der Waals surface area contributed by atoms with Gasteiger partial charge in [0, 0.05) is 30.0 Å². The number of carbonyl (C=O) groups excluding carboxylic acids is 1. The number of alkyl halides is 3. The summed E-state index contributed by atoms with van der Waals surface area (Å²) >= 11 is 0. The maximum absolute atomic E-state index is 13.4. The number of hydrogen-bond acceptors (Lipinski definition) is 5. The standard InChI is InChI=1S/C25H24F3N3O4S/c1-35-21-10-7-17(8-11-21)24(32)29-19-9-12-22(31-13-2-3-14-31)23(16-19)36(33,34)30-20-6-4-5-18(15-20)25(26,27)28/h4-12,15-16,30H,2-3,13-14H2,1H3,(H,29,32). The average Bonchev–Trinajstić information content (AvgIpc) is 3.38. The molecule has 36 heavy (non-hydrogen) atoms. The molecule has 0 radical (unpaired) electrons. The number of ether oxygens (including phenoxy) is 1. The van der Waals surface area contributed by atoms with Gasteiger partial charge in [0.2, 0.25) is 0 Å². The molecule has 190 valence electrons. The Hall–Kier alpha value is -3.73. The van der Waals surface area contributed by atoms with E-state index in [1.165, 1.54) is 19.2 Å². The van der Waals surface area contributed by atoms with E-state index in [4.69, 9.17) is 4.74 Å². The Morgan fingerprint density at radius 1 is 0.944 bits per heavy atom. The minimum Gasteiger partial charge on any atom is -0.497 e. The van der Waals surface area contributed by atoms with Crippen molar-refractivity contribution in [1.29, 1.82) is 0 Å². The van der Waals surface area contributed by atoms with Crippen molar-refractivity contribution in [1.82, 2.24) is 0 Å². The molecule has 7 nitrogen and oxygen atoms in total. The highest BCUT2D eigenvalue weighted by atomic mass is 32.2. The summed E-state index contributed by atoms with van der Waals surface area (Å²) in [7, 11) is -2.80. The first-order valence-electron chi connectivity index (χ1n) is 11.1. The highest BCUT2D eigenvalue weighted by Gasteiger charge is 2.31. The molecule has 1 heterocycles. The molecule has 0 unspecified atom stereocenters. The quantitative estimate of drug-likeness (QED) is 0.439. The first-order valence-corrected chi connectivity index (χ1v) is 12.6. The third-order valence-corrected chi connectivity index (χ3v) is 7.16. The van der Waals surface area contributed by atoms with Crippen molar-refractivity contribution in [3.05, 3.63) is 77.9 Å². The lowest BCUT2D eigenvalue weighted by Gasteiger charge is -2.22. The average molecular weight is 520 g/mol. The van der Waals surface area contributed by atoms with Gasteiger partial charge in [-0.25, -0.2) is 8.42 Å². The molecule has 0 saturated carbocycles. The molecule has 3 aromatic carbocycles. The second-order valence-electron chi connectivity index (χ2n) is 8.24. The first-order chi connectivity index (χ1) is 17.1. The molecule has 1 fully saturated rings. The van der Waals surface area contributed by atoms with E-state index in [1.807, 2.05) is 4.90 Å². The number of benzene rings is 3. The molecule has 4 rings (SSSR count). The fourth-order valence-electron chi connectivity index (χ4n) is 3.94. The summed E-state index contributed by atoms with van der Waals surface area (Å²) in [6.45, 7) is 1.28. The van der Waals surface area contributed by atoms with Gasteiger partial charge < -0.3 is 15.0 Å². The summed E-state index contributed by atoms with van der Waals surface area (Å²) in [4.78, 5) is 14.5. The molecule has 1 aliphatic rings. The van der Waals surface area contributed by atoms with Crippen LogP contribution in [0.2, 0.25) is 0 Å². The van der Waals surface area contributed by atoms with Crippen LogP contribution in [-0.4, -0.2) is 34.5 Å². The Balaban J connectivity index is 1.66. The third kappa shape index (κ3) is 5.73. The van der Waals surface area contributed by atoms with E-state index >= 15 is 0 Å². The van der Waals surface area contributed by atoms with E-state index in [2.05, 4.69) is 10.0 Å². The van der Waals surface area contributed by atoms with Crippen LogP contribution in [0.15, 0.2) is 71.6 Å². The second kappa shape index (κ2) is 10.1. The van der Waals surface area contributed by atoms with Crippen LogP contribution in [0.5, 0.6) is 5.75 Å². The SMILES string of the molecule is COc1ccc(C(=O)Nc2ccc(N3CCCC3)c(S(=O)(=O)Nc3cccc(C(F)(F)F)c3)c2)cc1. The highest BCUT2D eigenvalue weighted by molar-refractivity contribution is 7.92. The van der Waals surface area contributed by atoms with Crippen molar-refractivity contribution in [2.24, 2.45) is 0 Å². The van der Waals surface area contributed by atoms with Crippen LogP contribution in [0.1, 0.15) is 28.8 Å². The van der Waals surface area contributed by atoms with Crippen molar-refractivity contribution in [3.8, 4) is 5.75 Å². The smallest absolute Gasteiger partial charge is 0.416 e. The van der Waals surface area contributed by atoms with E-state index in [1.54, 1.807) is 36.4 Å². The molecule has 0 bridgehead atoms. The van der Waals surface area contributed by atoms with Gasteiger partial charge in [-0.2, -0.15) is 13.2 Å². The number of methoxy groups -OCH3 is 1. The number of carbonyl (C=O) groups is 1. The number of rotatable bonds is 7. The zero-order chi connectivity index (χ0) is 25.9. The van der Waals surface area contributed by atoms with Gasteiger partial charge in [-0.3, -0.25) is 9.52 Å². The number of anilines is 3. The Kier molecular flexibility index (Phi) is 7.11. The van der Waals surface area contributed by atoms with Crippen LogP contribution in [0.4, 0.5) is 30.2 Å². The predicted octanol–water partition coefficient (Wildman–Crippen LogP) is 5.37. The summed E-state index contributed by atoms with van der Waals surface area (Å²) in [6.07, 6.45) is -2.85. The largest absolute Gasteiger partial charge is 0.497 e. The van der Waals surface area contributed by atoms with Gasteiger partial charge in [0.15, 0.2) is 0 Å². The molecule has 11 heteroatoms. The maximum Gasteiger partial charge on any atom is 0.416 e. The van der Waals surface area contributed by atoms with Crippen LogP contribution in [0, 0.1) is 0 Å². The zero-order valence-electron chi connectivity index (χ0n) is 19.3. The van der Waals surface area contributed by atoms with Gasteiger partial charge in [-0.05, 0) is 73.5 Å². The van der Waals surface area contributed by atoms with Gasteiger partial charge >= 0.3 is 6.18 Å². The number of nitrogens with zero attached hydrogens (tertiary/aromatic N) is 1. The minimum atomic E-state index is -4.62. The number of halogens is 3. The molecular weight excluding hydrogens is 495 g/mol. The third-order valence-electron chi connectivity index (χ3n) is 5.75. The van der Waals surface area contributed by atoms with E-state index in [0.29, 0.717) is 30.1 Å². The van der Waals surface area contributed by atoms with Crippen LogP contribution in [-0.2, 0) is 16.2 Å². The number of hydrogen-bond donors (Lipinski definition) is 2. The second-order valence-corrected chi connectivity index (χ2v) is 9.89. The molecular formula is C25H24F3N3O4S. The van der Waals surface area contributed by atoms with E-state index in [0.717, 1.165) is 31.0 Å². The van der Waals surface area contributed by atoms with Crippen molar-refractivity contribution in [3.63, 3.8) is 0 Å². The van der Waals surface area contributed by atoms with Gasteiger partial charge in [0.1, 0.15) is 10.6 Å². The number of amides is 1. The zero-order valence-corrected chi connectivity index (χ0v) is 20.1. The summed E-state index contributed by atoms with van der Waals surface area (Å²) < 4.78 is 73.4. The fraction of sp³-hybridized carbons (Fsp3) is 0.240. The Morgan fingerprint density at radius 3 is 2.28 bits per heavy atom. The number of sulfonamides is 1. The molecule has 1 amide bonds. The Bertz CT molecular complexity index is 1350. The van der Waals surface area contributed by atoms with E-state index in [-0.39, 0.29) is 16.3 Å². The predicted molar refractivity (Wildman–Crippen MR) is 131 cm³/mol. The monoisotopic (exact) mass is 519 g/mol. The van der Waals surface area contributed by atoms with Crippen LogP contribution < -0.4 is 19.7 Å². The maximum atomic E-state index is 13.4. The van der Waals surface area contributed by atoms with Crippen molar-refractivity contribution >= 4 is 33.0 Å². The molecule has 0 aliphatic carbocycles. The summed E-state index contributed by atoms with van der Waals surface area (Å²) in [5.74, 6) is 0.122. The van der Waals surface area contributed by atoms with E-state index < -0.39 is 27.7 Å². The first kappa shape index (κ1) is 25.4. The van der Waals surface area contributed by atoms with Gasteiger partial charge in [0.25, 0.3) is 15.9 Å². The topological polar surface area (TPSA) is 87.7 Å². The molecule has 2 N–H and O–H groups in total. The number of nitrogens with one attached hydrogen (secondary N) is 2.